The van der Waals surface area contributed by atoms with Crippen LogP contribution in [0, 0.1) is 6.92 Å². The Morgan fingerprint density at radius 2 is 2.03 bits per heavy atom. The van der Waals surface area contributed by atoms with E-state index >= 15 is 0 Å². The number of benzene rings is 2. The highest BCUT2D eigenvalue weighted by Gasteiger charge is 2.45. The van der Waals surface area contributed by atoms with Gasteiger partial charge in [-0.05, 0) is 55.3 Å². The van der Waals surface area contributed by atoms with E-state index in [-0.39, 0.29) is 17.9 Å². The summed E-state index contributed by atoms with van der Waals surface area (Å²) in [6, 6.07) is 11.3. The molecule has 5 nitrogen and oxygen atoms in total. The molecule has 3 rings (SSSR count). The highest BCUT2D eigenvalue weighted by molar-refractivity contribution is 6.46. The lowest BCUT2D eigenvalue weighted by Gasteiger charge is -2.24. The second kappa shape index (κ2) is 8.53. The number of carbonyl (C=O) groups excluding carboxylic acids is 2. The summed E-state index contributed by atoms with van der Waals surface area (Å²) < 4.78 is 5.53. The van der Waals surface area contributed by atoms with Crippen LogP contribution in [0.3, 0.4) is 0 Å². The topological polar surface area (TPSA) is 66.8 Å². The van der Waals surface area contributed by atoms with Gasteiger partial charge in [-0.2, -0.15) is 0 Å². The van der Waals surface area contributed by atoms with Crippen molar-refractivity contribution in [2.45, 2.75) is 19.9 Å². The summed E-state index contributed by atoms with van der Waals surface area (Å²) >= 11 is 6.13. The monoisotopic (exact) mass is 411 g/mol. The first-order valence-corrected chi connectivity index (χ1v) is 9.65. The number of rotatable bonds is 6. The van der Waals surface area contributed by atoms with E-state index in [9.17, 15) is 14.7 Å². The van der Waals surface area contributed by atoms with Crippen LogP contribution in [0.4, 0.5) is 0 Å². The van der Waals surface area contributed by atoms with Crippen molar-refractivity contribution in [3.8, 4) is 5.75 Å². The van der Waals surface area contributed by atoms with Crippen molar-refractivity contribution in [3.63, 3.8) is 0 Å². The summed E-state index contributed by atoms with van der Waals surface area (Å²) in [7, 11) is 0. The minimum absolute atomic E-state index is 0.0303. The van der Waals surface area contributed by atoms with E-state index in [1.165, 1.54) is 4.90 Å². The van der Waals surface area contributed by atoms with Gasteiger partial charge in [0.05, 0.1) is 18.2 Å². The van der Waals surface area contributed by atoms with Crippen molar-refractivity contribution in [2.75, 3.05) is 13.2 Å². The van der Waals surface area contributed by atoms with E-state index in [1.807, 2.05) is 13.8 Å². The molecule has 1 heterocycles. The Bertz CT molecular complexity index is 1010. The van der Waals surface area contributed by atoms with Crippen LogP contribution in [0.5, 0.6) is 5.75 Å². The number of halogens is 1. The fourth-order valence-electron chi connectivity index (χ4n) is 3.50. The first-order chi connectivity index (χ1) is 13.9. The number of ketones is 1. The van der Waals surface area contributed by atoms with Gasteiger partial charge in [-0.25, -0.2) is 0 Å². The van der Waals surface area contributed by atoms with Gasteiger partial charge in [0.15, 0.2) is 0 Å². The number of Topliss-reactive ketones (excluding diaryl/α,β-unsaturated/α-hetero) is 1. The van der Waals surface area contributed by atoms with Gasteiger partial charge in [0.25, 0.3) is 11.7 Å². The first-order valence-electron chi connectivity index (χ1n) is 9.27. The zero-order valence-electron chi connectivity index (χ0n) is 16.3. The van der Waals surface area contributed by atoms with E-state index in [0.717, 1.165) is 5.56 Å². The minimum Gasteiger partial charge on any atom is -0.507 e. The molecule has 1 aliphatic rings. The van der Waals surface area contributed by atoms with Gasteiger partial charge >= 0.3 is 0 Å². The van der Waals surface area contributed by atoms with Crippen LogP contribution in [-0.2, 0) is 9.59 Å². The highest BCUT2D eigenvalue weighted by atomic mass is 35.5. The van der Waals surface area contributed by atoms with E-state index < -0.39 is 17.7 Å². The Labute approximate surface area is 174 Å². The maximum Gasteiger partial charge on any atom is 0.295 e. The first kappa shape index (κ1) is 20.7. The molecule has 0 aliphatic carbocycles. The van der Waals surface area contributed by atoms with Gasteiger partial charge in [-0.3, -0.25) is 9.59 Å². The molecule has 2 aromatic carbocycles. The molecular weight excluding hydrogens is 390 g/mol. The van der Waals surface area contributed by atoms with Crippen LogP contribution >= 0.6 is 11.6 Å². The van der Waals surface area contributed by atoms with Gasteiger partial charge in [0.1, 0.15) is 11.5 Å². The molecule has 1 unspecified atom stereocenters. The van der Waals surface area contributed by atoms with Crippen molar-refractivity contribution in [3.05, 3.63) is 82.4 Å². The molecule has 1 N–H and O–H groups in total. The molecule has 1 fully saturated rings. The second-order valence-corrected chi connectivity index (χ2v) is 7.14. The highest BCUT2D eigenvalue weighted by Crippen LogP contribution is 2.40. The third-order valence-corrected chi connectivity index (χ3v) is 5.01. The zero-order valence-corrected chi connectivity index (χ0v) is 17.1. The van der Waals surface area contributed by atoms with Crippen molar-refractivity contribution in [1.82, 2.24) is 4.90 Å². The fraction of sp³-hybridized carbons (Fsp3) is 0.217. The van der Waals surface area contributed by atoms with E-state index in [1.54, 1.807) is 48.5 Å². The number of aryl methyl sites for hydroxylation is 1. The van der Waals surface area contributed by atoms with Crippen LogP contribution in [0.25, 0.3) is 5.76 Å². The van der Waals surface area contributed by atoms with Gasteiger partial charge in [-0.1, -0.05) is 29.8 Å². The largest absolute Gasteiger partial charge is 0.507 e. The van der Waals surface area contributed by atoms with Crippen LogP contribution < -0.4 is 4.74 Å². The smallest absolute Gasteiger partial charge is 0.295 e. The predicted molar refractivity (Wildman–Crippen MR) is 113 cm³/mol. The lowest BCUT2D eigenvalue weighted by molar-refractivity contribution is -0.139. The Morgan fingerprint density at radius 1 is 1.28 bits per heavy atom. The summed E-state index contributed by atoms with van der Waals surface area (Å²) in [6.45, 7) is 8.10. The summed E-state index contributed by atoms with van der Waals surface area (Å²) in [6.07, 6.45) is 1.55. The third-order valence-electron chi connectivity index (χ3n) is 4.78. The number of hydrogen-bond acceptors (Lipinski definition) is 4. The normalized spacial score (nSPS) is 18.2. The second-order valence-electron chi connectivity index (χ2n) is 6.71. The van der Waals surface area contributed by atoms with Gasteiger partial charge in [0, 0.05) is 17.1 Å². The van der Waals surface area contributed by atoms with Gasteiger partial charge in [-0.15, -0.1) is 6.58 Å². The van der Waals surface area contributed by atoms with Crippen LogP contribution in [0.1, 0.15) is 29.7 Å². The average Bonchev–Trinajstić information content (AvgIpc) is 2.94. The van der Waals surface area contributed by atoms with Crippen molar-refractivity contribution in [2.24, 2.45) is 0 Å². The number of amides is 1. The molecule has 1 amide bonds. The molecule has 0 bridgehead atoms. The molecular formula is C23H22ClNO4. The van der Waals surface area contributed by atoms with Gasteiger partial charge < -0.3 is 14.7 Å². The zero-order chi connectivity index (χ0) is 21.1. The van der Waals surface area contributed by atoms with Crippen LogP contribution in [-0.4, -0.2) is 34.8 Å². The number of aliphatic hydroxyl groups excluding tert-OH is 1. The Hall–Kier alpha value is -3.05. The summed E-state index contributed by atoms with van der Waals surface area (Å²) in [5.74, 6) is -0.950. The van der Waals surface area contributed by atoms with E-state index in [2.05, 4.69) is 6.58 Å². The SMILES string of the molecule is C=CCN1C(=O)C(=O)C(=C(O)c2ccc(OCC)c(C)c2)C1c1cccc(Cl)c1. The molecule has 1 aliphatic heterocycles. The number of likely N-dealkylation sites (tertiary alicyclic amines) is 1. The van der Waals surface area contributed by atoms with Crippen LogP contribution in [0.15, 0.2) is 60.7 Å². The van der Waals surface area contributed by atoms with Crippen molar-refractivity contribution < 1.29 is 19.4 Å². The van der Waals surface area contributed by atoms with Crippen LogP contribution in [0.2, 0.25) is 5.02 Å². The standard InChI is InChI=1S/C23H22ClNO4/c1-4-11-25-20(15-7-6-8-17(24)13-15)19(22(27)23(25)28)21(26)16-9-10-18(29-5-2)14(3)12-16/h4,6-10,12-13,20,26H,1,5,11H2,2-3H3. The molecule has 1 saturated heterocycles. The average molecular weight is 412 g/mol. The Morgan fingerprint density at radius 3 is 2.66 bits per heavy atom. The lowest BCUT2D eigenvalue weighted by atomic mass is 9.95. The number of ether oxygens (including phenoxy) is 1. The summed E-state index contributed by atoms with van der Waals surface area (Å²) in [5.41, 5.74) is 1.93. The Kier molecular flexibility index (Phi) is 6.09. The van der Waals surface area contributed by atoms with Crippen molar-refractivity contribution >= 4 is 29.1 Å². The molecule has 1 atom stereocenters. The maximum atomic E-state index is 12.8. The maximum absolute atomic E-state index is 12.8. The predicted octanol–water partition coefficient (Wildman–Crippen LogP) is 4.65. The van der Waals surface area contributed by atoms with Gasteiger partial charge in [0.2, 0.25) is 0 Å². The third kappa shape index (κ3) is 3.91. The molecule has 0 aromatic heterocycles. The molecule has 150 valence electrons. The molecule has 0 spiro atoms. The summed E-state index contributed by atoms with van der Waals surface area (Å²) in [5, 5.41) is 11.5. The minimum atomic E-state index is -0.751. The number of carbonyl (C=O) groups is 2. The number of nitrogens with zero attached hydrogens (tertiary/aromatic N) is 1. The fourth-order valence-corrected chi connectivity index (χ4v) is 3.70. The van der Waals surface area contributed by atoms with E-state index in [4.69, 9.17) is 16.3 Å². The quantitative estimate of drug-likeness (QED) is 0.325. The molecule has 2 aromatic rings. The molecule has 29 heavy (non-hydrogen) atoms. The number of aliphatic hydroxyl groups is 1. The molecule has 0 saturated carbocycles. The van der Waals surface area contributed by atoms with Crippen molar-refractivity contribution in [1.29, 1.82) is 0 Å². The lowest BCUT2D eigenvalue weighted by Crippen LogP contribution is -2.29. The summed E-state index contributed by atoms with van der Waals surface area (Å²) in [4.78, 5) is 26.9. The molecule has 6 heteroatoms. The Balaban J connectivity index is 2.17. The number of hydrogen-bond donors (Lipinski definition) is 1. The van der Waals surface area contributed by atoms with E-state index in [0.29, 0.717) is 28.5 Å². The molecule has 0 radical (unpaired) electrons.